The molecule has 0 aromatic heterocycles. The fourth-order valence-corrected chi connectivity index (χ4v) is 3.67. The molecule has 0 spiro atoms. The maximum atomic E-state index is 12.0. The lowest BCUT2D eigenvalue weighted by molar-refractivity contribution is -0.123. The van der Waals surface area contributed by atoms with E-state index in [1.807, 2.05) is 50.2 Å². The molecule has 27 heavy (non-hydrogen) atoms. The number of halogens is 1. The van der Waals surface area contributed by atoms with Crippen LogP contribution in [0.3, 0.4) is 0 Å². The SMILES string of the molecule is Cc1cc(C)c(/C=N\NC(=O)COc2ccc3ccccc3c2Br)c(C)c1. The number of aryl methyl sites for hydroxylation is 3. The van der Waals surface area contributed by atoms with Crippen LogP contribution in [0.2, 0.25) is 0 Å². The number of fused-ring (bicyclic) bond motifs is 1. The summed E-state index contributed by atoms with van der Waals surface area (Å²) in [6.07, 6.45) is 1.67. The molecule has 0 bridgehead atoms. The van der Waals surface area contributed by atoms with Gasteiger partial charge in [0.1, 0.15) is 5.75 Å². The summed E-state index contributed by atoms with van der Waals surface area (Å²) in [6.45, 7) is 6.01. The van der Waals surface area contributed by atoms with Crippen molar-refractivity contribution in [1.82, 2.24) is 5.43 Å². The monoisotopic (exact) mass is 424 g/mol. The molecule has 0 aliphatic heterocycles. The standard InChI is InChI=1S/C22H21BrN2O2/c1-14-10-15(2)19(16(3)11-14)12-24-25-21(26)13-27-20-9-8-17-6-4-5-7-18(17)22(20)23/h4-12H,13H2,1-3H3,(H,25,26)/b24-12-. The van der Waals surface area contributed by atoms with Crippen molar-refractivity contribution in [1.29, 1.82) is 0 Å². The van der Waals surface area contributed by atoms with Crippen molar-refractivity contribution in [2.75, 3.05) is 6.61 Å². The molecule has 0 radical (unpaired) electrons. The Balaban J connectivity index is 1.61. The van der Waals surface area contributed by atoms with Gasteiger partial charge in [-0.2, -0.15) is 5.10 Å². The van der Waals surface area contributed by atoms with Crippen LogP contribution in [0, 0.1) is 20.8 Å². The Bertz CT molecular complexity index is 1000. The summed E-state index contributed by atoms with van der Waals surface area (Å²) < 4.78 is 6.48. The van der Waals surface area contributed by atoms with Crippen LogP contribution in [-0.4, -0.2) is 18.7 Å². The molecule has 1 amide bonds. The topological polar surface area (TPSA) is 50.7 Å². The van der Waals surface area contributed by atoms with Crippen molar-refractivity contribution in [3.63, 3.8) is 0 Å². The van der Waals surface area contributed by atoms with E-state index < -0.39 is 0 Å². The highest BCUT2D eigenvalue weighted by atomic mass is 79.9. The van der Waals surface area contributed by atoms with E-state index in [1.54, 1.807) is 6.21 Å². The summed E-state index contributed by atoms with van der Waals surface area (Å²) >= 11 is 3.55. The Labute approximate surface area is 167 Å². The van der Waals surface area contributed by atoms with Crippen molar-refractivity contribution in [2.24, 2.45) is 5.10 Å². The summed E-state index contributed by atoms with van der Waals surface area (Å²) in [5, 5.41) is 6.21. The number of ether oxygens (including phenoxy) is 1. The first-order chi connectivity index (χ1) is 13.0. The van der Waals surface area contributed by atoms with Gasteiger partial charge in [-0.3, -0.25) is 4.79 Å². The van der Waals surface area contributed by atoms with Crippen LogP contribution in [0.15, 0.2) is 58.1 Å². The van der Waals surface area contributed by atoms with Crippen LogP contribution in [0.1, 0.15) is 22.3 Å². The van der Waals surface area contributed by atoms with E-state index in [2.05, 4.69) is 45.5 Å². The van der Waals surface area contributed by atoms with E-state index >= 15 is 0 Å². The number of amides is 1. The number of carbonyl (C=O) groups excluding carboxylic acids is 1. The van der Waals surface area contributed by atoms with Gasteiger partial charge >= 0.3 is 0 Å². The molecule has 3 rings (SSSR count). The number of rotatable bonds is 5. The molecule has 0 unspecified atom stereocenters. The molecule has 0 saturated heterocycles. The van der Waals surface area contributed by atoms with E-state index in [1.165, 1.54) is 5.56 Å². The fourth-order valence-electron chi connectivity index (χ4n) is 3.06. The highest BCUT2D eigenvalue weighted by molar-refractivity contribution is 9.10. The lowest BCUT2D eigenvalue weighted by Crippen LogP contribution is -2.24. The van der Waals surface area contributed by atoms with Gasteiger partial charge < -0.3 is 4.74 Å². The Morgan fingerprint density at radius 1 is 1.11 bits per heavy atom. The summed E-state index contributed by atoms with van der Waals surface area (Å²) in [5.41, 5.74) is 6.99. The minimum absolute atomic E-state index is 0.111. The van der Waals surface area contributed by atoms with E-state index in [-0.39, 0.29) is 12.5 Å². The number of nitrogens with one attached hydrogen (secondary N) is 1. The molecular formula is C22H21BrN2O2. The average molecular weight is 425 g/mol. The second-order valence-electron chi connectivity index (χ2n) is 6.49. The molecule has 0 aliphatic carbocycles. The van der Waals surface area contributed by atoms with Crippen molar-refractivity contribution < 1.29 is 9.53 Å². The zero-order valence-electron chi connectivity index (χ0n) is 15.5. The number of carbonyl (C=O) groups is 1. The molecule has 0 fully saturated rings. The van der Waals surface area contributed by atoms with Crippen LogP contribution < -0.4 is 10.2 Å². The van der Waals surface area contributed by atoms with Crippen molar-refractivity contribution in [3.8, 4) is 5.75 Å². The van der Waals surface area contributed by atoms with Gasteiger partial charge in [0, 0.05) is 5.56 Å². The summed E-state index contributed by atoms with van der Waals surface area (Å²) in [5.74, 6) is 0.312. The number of hydrazone groups is 1. The zero-order chi connectivity index (χ0) is 19.4. The van der Waals surface area contributed by atoms with Gasteiger partial charge in [0.15, 0.2) is 6.61 Å². The van der Waals surface area contributed by atoms with E-state index in [4.69, 9.17) is 4.74 Å². The third-order valence-electron chi connectivity index (χ3n) is 4.31. The molecule has 5 heteroatoms. The first-order valence-corrected chi connectivity index (χ1v) is 9.45. The first kappa shape index (κ1) is 19.1. The van der Waals surface area contributed by atoms with E-state index in [9.17, 15) is 4.79 Å². The first-order valence-electron chi connectivity index (χ1n) is 8.65. The molecule has 1 N–H and O–H groups in total. The average Bonchev–Trinajstić information content (AvgIpc) is 2.63. The predicted molar refractivity (Wildman–Crippen MR) is 114 cm³/mol. The normalized spacial score (nSPS) is 11.1. The smallest absolute Gasteiger partial charge is 0.277 e. The maximum absolute atomic E-state index is 12.0. The van der Waals surface area contributed by atoms with Gasteiger partial charge in [-0.25, -0.2) is 5.43 Å². The second-order valence-corrected chi connectivity index (χ2v) is 7.29. The Morgan fingerprint density at radius 3 is 2.56 bits per heavy atom. The highest BCUT2D eigenvalue weighted by Gasteiger charge is 2.08. The minimum atomic E-state index is -0.311. The van der Waals surface area contributed by atoms with Gasteiger partial charge in [0.05, 0.1) is 10.7 Å². The lowest BCUT2D eigenvalue weighted by Gasteiger charge is -2.10. The van der Waals surface area contributed by atoms with E-state index in [0.717, 1.165) is 31.9 Å². The third-order valence-corrected chi connectivity index (χ3v) is 5.13. The van der Waals surface area contributed by atoms with Crippen molar-refractivity contribution in [3.05, 3.63) is 75.3 Å². The quantitative estimate of drug-likeness (QED) is 0.459. The van der Waals surface area contributed by atoms with Gasteiger partial charge in [-0.15, -0.1) is 0 Å². The van der Waals surface area contributed by atoms with Gasteiger partial charge in [-0.05, 0) is 64.7 Å². The second kappa shape index (κ2) is 8.35. The molecule has 0 aliphatic rings. The number of hydrogen-bond donors (Lipinski definition) is 1. The molecule has 3 aromatic rings. The van der Waals surface area contributed by atoms with Gasteiger partial charge in [0.25, 0.3) is 5.91 Å². The predicted octanol–water partition coefficient (Wildman–Crippen LogP) is 5.06. The number of nitrogens with zero attached hydrogens (tertiary/aromatic N) is 1. The molecule has 3 aromatic carbocycles. The van der Waals surface area contributed by atoms with Crippen LogP contribution in [0.4, 0.5) is 0 Å². The fraction of sp³-hybridized carbons (Fsp3) is 0.182. The van der Waals surface area contributed by atoms with Crippen LogP contribution >= 0.6 is 15.9 Å². The lowest BCUT2D eigenvalue weighted by atomic mass is 10.0. The maximum Gasteiger partial charge on any atom is 0.277 e. The molecule has 0 heterocycles. The number of benzene rings is 3. The zero-order valence-corrected chi connectivity index (χ0v) is 17.1. The molecule has 4 nitrogen and oxygen atoms in total. The third kappa shape index (κ3) is 4.55. The molecule has 0 saturated carbocycles. The minimum Gasteiger partial charge on any atom is -0.483 e. The number of hydrogen-bond acceptors (Lipinski definition) is 3. The molecular weight excluding hydrogens is 404 g/mol. The van der Waals surface area contributed by atoms with Gasteiger partial charge in [-0.1, -0.05) is 48.0 Å². The van der Waals surface area contributed by atoms with Crippen molar-refractivity contribution >= 4 is 38.8 Å². The van der Waals surface area contributed by atoms with Gasteiger partial charge in [0.2, 0.25) is 0 Å². The summed E-state index contributed by atoms with van der Waals surface area (Å²) in [6, 6.07) is 16.0. The van der Waals surface area contributed by atoms with Crippen molar-refractivity contribution in [2.45, 2.75) is 20.8 Å². The van der Waals surface area contributed by atoms with Crippen LogP contribution in [-0.2, 0) is 4.79 Å². The van der Waals surface area contributed by atoms with E-state index in [0.29, 0.717) is 5.75 Å². The Hall–Kier alpha value is -2.66. The van der Waals surface area contributed by atoms with Crippen LogP contribution in [0.5, 0.6) is 5.75 Å². The largest absolute Gasteiger partial charge is 0.483 e. The van der Waals surface area contributed by atoms with Crippen LogP contribution in [0.25, 0.3) is 10.8 Å². The molecule has 0 atom stereocenters. The Morgan fingerprint density at radius 2 is 1.81 bits per heavy atom. The highest BCUT2D eigenvalue weighted by Crippen LogP contribution is 2.32. The molecule has 138 valence electrons. The summed E-state index contributed by atoms with van der Waals surface area (Å²) in [4.78, 5) is 12.0. The summed E-state index contributed by atoms with van der Waals surface area (Å²) in [7, 11) is 0. The Kier molecular flexibility index (Phi) is 5.91.